The highest BCUT2D eigenvalue weighted by Gasteiger charge is 2.27. The molecule has 0 aliphatic rings. The van der Waals surface area contributed by atoms with Gasteiger partial charge >= 0.3 is 5.69 Å². The number of imidazole rings is 1. The molecule has 0 saturated carbocycles. The summed E-state index contributed by atoms with van der Waals surface area (Å²) >= 11 is 0. The van der Waals surface area contributed by atoms with Crippen LogP contribution in [0.15, 0.2) is 77.9 Å². The third kappa shape index (κ3) is 3.88. The van der Waals surface area contributed by atoms with Gasteiger partial charge in [-0.2, -0.15) is 0 Å². The van der Waals surface area contributed by atoms with E-state index in [2.05, 4.69) is 25.6 Å². The van der Waals surface area contributed by atoms with E-state index in [1.54, 1.807) is 30.1 Å². The second-order valence-electron chi connectivity index (χ2n) is 8.62. The molecule has 9 heteroatoms. The van der Waals surface area contributed by atoms with Crippen molar-refractivity contribution in [3.8, 4) is 16.8 Å². The van der Waals surface area contributed by atoms with Crippen LogP contribution in [0.4, 0.5) is 0 Å². The second-order valence-corrected chi connectivity index (χ2v) is 8.62. The Morgan fingerprint density at radius 1 is 1.03 bits per heavy atom. The number of pyridine rings is 1. The number of carbonyl (C=O) groups excluding carboxylic acids is 1. The van der Waals surface area contributed by atoms with E-state index in [-0.39, 0.29) is 11.6 Å². The first-order valence-electron chi connectivity index (χ1n) is 10.8. The summed E-state index contributed by atoms with van der Waals surface area (Å²) in [5.74, 6) is -0.232. The molecular formula is C25H23N7O2. The zero-order valence-electron chi connectivity index (χ0n) is 19.0. The van der Waals surface area contributed by atoms with Crippen molar-refractivity contribution >= 4 is 17.1 Å². The molecule has 3 heterocycles. The van der Waals surface area contributed by atoms with Crippen LogP contribution in [0.1, 0.15) is 29.9 Å². The van der Waals surface area contributed by atoms with Crippen molar-refractivity contribution in [1.29, 1.82) is 0 Å². The Hall–Kier alpha value is -4.53. The topological polar surface area (TPSA) is 110 Å². The van der Waals surface area contributed by atoms with E-state index in [1.165, 1.54) is 4.57 Å². The van der Waals surface area contributed by atoms with E-state index in [0.29, 0.717) is 22.4 Å². The summed E-state index contributed by atoms with van der Waals surface area (Å²) in [7, 11) is 1.69. The molecule has 2 N–H and O–H groups in total. The molecule has 0 spiro atoms. The summed E-state index contributed by atoms with van der Waals surface area (Å²) < 4.78 is 3.19. The van der Waals surface area contributed by atoms with E-state index in [9.17, 15) is 9.59 Å². The van der Waals surface area contributed by atoms with Crippen LogP contribution in [0.25, 0.3) is 28.0 Å². The van der Waals surface area contributed by atoms with Gasteiger partial charge in [-0.15, -0.1) is 5.10 Å². The molecule has 9 nitrogen and oxygen atoms in total. The normalized spacial score (nSPS) is 11.6. The third-order valence-electron chi connectivity index (χ3n) is 5.80. The first kappa shape index (κ1) is 21.3. The van der Waals surface area contributed by atoms with Gasteiger partial charge in [0, 0.05) is 24.4 Å². The smallest absolute Gasteiger partial charge is 0.327 e. The number of H-pyrrole nitrogens is 1. The number of rotatable bonds is 5. The van der Waals surface area contributed by atoms with Crippen molar-refractivity contribution in [3.05, 3.63) is 94.8 Å². The van der Waals surface area contributed by atoms with E-state index >= 15 is 0 Å². The number of fused-ring (bicyclic) bond motifs is 1. The van der Waals surface area contributed by atoms with Crippen LogP contribution in [0.5, 0.6) is 0 Å². The molecule has 0 aliphatic carbocycles. The van der Waals surface area contributed by atoms with Crippen molar-refractivity contribution in [2.24, 2.45) is 7.05 Å². The number of amides is 1. The van der Waals surface area contributed by atoms with Gasteiger partial charge in [-0.05, 0) is 49.7 Å². The Morgan fingerprint density at radius 3 is 2.62 bits per heavy atom. The van der Waals surface area contributed by atoms with Gasteiger partial charge in [0.25, 0.3) is 5.91 Å². The molecule has 0 bridgehead atoms. The molecule has 0 radical (unpaired) electrons. The number of nitrogens with zero attached hydrogens (tertiary/aromatic N) is 5. The quantitative estimate of drug-likeness (QED) is 0.425. The number of aryl methyl sites for hydroxylation is 1. The molecule has 5 rings (SSSR count). The number of nitrogens with one attached hydrogen (secondary N) is 2. The average Bonchev–Trinajstić information content (AvgIpc) is 3.45. The summed E-state index contributed by atoms with van der Waals surface area (Å²) in [4.78, 5) is 32.1. The number of para-hydroxylation sites is 1. The molecule has 34 heavy (non-hydrogen) atoms. The Labute approximate surface area is 195 Å². The highest BCUT2D eigenvalue weighted by Crippen LogP contribution is 2.24. The lowest BCUT2D eigenvalue weighted by molar-refractivity contribution is 0.0910. The largest absolute Gasteiger partial charge is 0.341 e. The molecule has 0 saturated heterocycles. The standard InChI is InChI=1S/C25H23N7O2/c1-25(2,21-15-32(30-29-21)19-10-5-4-6-11-19)28-23(33)17-9-7-8-16(12-17)18-13-20-22(26-14-18)27-24(34)31(20)3/h4-15H,1-3H3,(H,28,33)(H,26,27,34). The highest BCUT2D eigenvalue weighted by atomic mass is 16.2. The summed E-state index contributed by atoms with van der Waals surface area (Å²) in [5.41, 5.74) is 3.92. The Kier molecular flexibility index (Phi) is 5.09. The summed E-state index contributed by atoms with van der Waals surface area (Å²) in [5, 5.41) is 11.5. The molecule has 2 aromatic carbocycles. The summed E-state index contributed by atoms with van der Waals surface area (Å²) in [6, 6.07) is 18.8. The van der Waals surface area contributed by atoms with Gasteiger partial charge in [-0.25, -0.2) is 14.5 Å². The lowest BCUT2D eigenvalue weighted by Gasteiger charge is -2.23. The number of aromatic amines is 1. The number of hydrogen-bond acceptors (Lipinski definition) is 5. The van der Waals surface area contributed by atoms with Crippen LogP contribution in [0.3, 0.4) is 0 Å². The molecule has 0 fully saturated rings. The molecule has 0 unspecified atom stereocenters. The van der Waals surface area contributed by atoms with Crippen molar-refractivity contribution in [2.45, 2.75) is 19.4 Å². The lowest BCUT2D eigenvalue weighted by Crippen LogP contribution is -2.41. The van der Waals surface area contributed by atoms with Gasteiger partial charge in [-0.3, -0.25) is 14.3 Å². The fourth-order valence-corrected chi connectivity index (χ4v) is 3.77. The first-order chi connectivity index (χ1) is 16.3. The predicted octanol–water partition coefficient (Wildman–Crippen LogP) is 3.17. The van der Waals surface area contributed by atoms with Crippen molar-refractivity contribution in [3.63, 3.8) is 0 Å². The maximum atomic E-state index is 13.1. The van der Waals surface area contributed by atoms with Crippen molar-refractivity contribution < 1.29 is 4.79 Å². The Balaban J connectivity index is 1.39. The number of benzene rings is 2. The fraction of sp³-hybridized carbons (Fsp3) is 0.160. The molecule has 170 valence electrons. The minimum Gasteiger partial charge on any atom is -0.341 e. The van der Waals surface area contributed by atoms with Crippen LogP contribution in [0, 0.1) is 0 Å². The van der Waals surface area contributed by atoms with Gasteiger partial charge < -0.3 is 5.32 Å². The third-order valence-corrected chi connectivity index (χ3v) is 5.80. The molecular weight excluding hydrogens is 430 g/mol. The van der Waals surface area contributed by atoms with Gasteiger partial charge in [0.05, 0.1) is 22.9 Å². The monoisotopic (exact) mass is 453 g/mol. The summed E-state index contributed by atoms with van der Waals surface area (Å²) in [6.45, 7) is 3.77. The second kappa shape index (κ2) is 8.11. The van der Waals surface area contributed by atoms with Gasteiger partial charge in [0.1, 0.15) is 5.69 Å². The van der Waals surface area contributed by atoms with Crippen molar-refractivity contribution in [1.82, 2.24) is 34.8 Å². The molecule has 0 atom stereocenters. The number of carbonyl (C=O) groups is 1. The highest BCUT2D eigenvalue weighted by molar-refractivity contribution is 5.96. The maximum Gasteiger partial charge on any atom is 0.327 e. The van der Waals surface area contributed by atoms with Crippen LogP contribution in [0.2, 0.25) is 0 Å². The van der Waals surface area contributed by atoms with Gasteiger partial charge in [0.2, 0.25) is 0 Å². The Bertz CT molecular complexity index is 1560. The predicted molar refractivity (Wildman–Crippen MR) is 129 cm³/mol. The molecule has 5 aromatic rings. The SMILES string of the molecule is Cn1c(=O)[nH]c2ncc(-c3cccc(C(=O)NC(C)(C)c4cn(-c5ccccc5)nn4)c3)cc21. The minimum atomic E-state index is -0.746. The first-order valence-corrected chi connectivity index (χ1v) is 10.8. The van der Waals surface area contributed by atoms with Crippen LogP contribution >= 0.6 is 0 Å². The van der Waals surface area contributed by atoms with Gasteiger partial charge in [0.15, 0.2) is 5.65 Å². The van der Waals surface area contributed by atoms with Gasteiger partial charge in [-0.1, -0.05) is 35.5 Å². The molecule has 3 aromatic heterocycles. The van der Waals surface area contributed by atoms with Crippen LogP contribution in [-0.2, 0) is 12.6 Å². The number of hydrogen-bond donors (Lipinski definition) is 2. The maximum absolute atomic E-state index is 13.1. The zero-order chi connectivity index (χ0) is 23.9. The van der Waals surface area contributed by atoms with E-state index < -0.39 is 5.54 Å². The van der Waals surface area contributed by atoms with Crippen LogP contribution in [-0.4, -0.2) is 35.4 Å². The number of aromatic nitrogens is 6. The van der Waals surface area contributed by atoms with Crippen LogP contribution < -0.4 is 11.0 Å². The van der Waals surface area contributed by atoms with E-state index in [4.69, 9.17) is 0 Å². The fourth-order valence-electron chi connectivity index (χ4n) is 3.77. The van der Waals surface area contributed by atoms with Crippen molar-refractivity contribution in [2.75, 3.05) is 0 Å². The van der Waals surface area contributed by atoms with E-state index in [0.717, 1.165) is 16.8 Å². The summed E-state index contributed by atoms with van der Waals surface area (Å²) in [6.07, 6.45) is 3.50. The molecule has 1 amide bonds. The Morgan fingerprint density at radius 2 is 1.82 bits per heavy atom. The lowest BCUT2D eigenvalue weighted by atomic mass is 9.99. The zero-order valence-corrected chi connectivity index (χ0v) is 19.0. The minimum absolute atomic E-state index is 0.223. The average molecular weight is 454 g/mol. The molecule has 0 aliphatic heterocycles. The van der Waals surface area contributed by atoms with E-state index in [1.807, 2.05) is 68.6 Å².